The zero-order valence-corrected chi connectivity index (χ0v) is 17.5. The lowest BCUT2D eigenvalue weighted by Gasteiger charge is -2.22. The van der Waals surface area contributed by atoms with Crippen molar-refractivity contribution in [1.29, 1.82) is 0 Å². The number of unbranched alkanes of at least 4 members (excludes halogenated alkanes) is 1. The van der Waals surface area contributed by atoms with Crippen LogP contribution < -0.4 is 11.1 Å². The fraction of sp³-hybridized carbons (Fsp3) is 0.733. The molecule has 21 heteroatoms. The van der Waals surface area contributed by atoms with E-state index in [9.17, 15) is 62.3 Å². The smallest absolute Gasteiger partial charge is 0.475 e. The summed E-state index contributed by atoms with van der Waals surface area (Å²) in [5.74, 6) is -11.2. The Kier molecular flexibility index (Phi) is 16.8. The fourth-order valence-electron chi connectivity index (χ4n) is 1.48. The topological polar surface area (TPSA) is 150 Å². The maximum absolute atomic E-state index is 12.2. The van der Waals surface area contributed by atoms with E-state index in [4.69, 9.17) is 25.5 Å². The number of halogens is 12. The van der Waals surface area contributed by atoms with Crippen LogP contribution in [0.5, 0.6) is 0 Å². The van der Waals surface area contributed by atoms with Crippen LogP contribution in [0.15, 0.2) is 0 Å². The molecule has 0 radical (unpaired) electrons. The monoisotopic (exact) mass is 565 g/mol. The number of nitrogens with zero attached hydrogens (tertiary/aromatic N) is 1. The van der Waals surface area contributed by atoms with Gasteiger partial charge in [-0.15, -0.1) is 0 Å². The highest BCUT2D eigenvalue weighted by Crippen LogP contribution is 2.24. The molecule has 0 aromatic carbocycles. The van der Waals surface area contributed by atoms with E-state index < -0.39 is 59.9 Å². The van der Waals surface area contributed by atoms with Crippen LogP contribution in [-0.4, -0.2) is 89.8 Å². The first-order chi connectivity index (χ1) is 15.9. The van der Waals surface area contributed by atoms with E-state index >= 15 is 0 Å². The second-order valence-corrected chi connectivity index (χ2v) is 5.96. The van der Waals surface area contributed by atoms with Gasteiger partial charge in [0.2, 0.25) is 0 Å². The third-order valence-electron chi connectivity index (χ3n) is 3.00. The first-order valence-electron chi connectivity index (χ1n) is 8.91. The number of hydrogen-bond donors (Lipinski definition) is 4. The summed E-state index contributed by atoms with van der Waals surface area (Å²) in [6.45, 7) is 0.0468. The number of nitrogens with two attached hydrogens (primary N) is 1. The fourth-order valence-corrected chi connectivity index (χ4v) is 1.48. The van der Waals surface area contributed by atoms with E-state index in [1.54, 1.807) is 0 Å². The molecule has 0 aromatic heterocycles. The van der Waals surface area contributed by atoms with Gasteiger partial charge in [0.15, 0.2) is 0 Å². The highest BCUT2D eigenvalue weighted by molar-refractivity contribution is 6.00. The number of hydrogen-bond acceptors (Lipinski definition) is 6. The molecular formula is C15H19F12N3O6. The minimum absolute atomic E-state index is 0.0668. The number of rotatable bonds is 8. The number of carbonyl (C=O) groups is 4. The predicted octanol–water partition coefficient (Wildman–Crippen LogP) is 2.45. The first kappa shape index (κ1) is 37.7. The van der Waals surface area contributed by atoms with E-state index in [1.807, 2.05) is 0 Å². The molecule has 0 aliphatic heterocycles. The van der Waals surface area contributed by atoms with Gasteiger partial charge in [-0.2, -0.15) is 52.7 Å². The van der Waals surface area contributed by atoms with Gasteiger partial charge >= 0.3 is 48.5 Å². The van der Waals surface area contributed by atoms with Gasteiger partial charge in [-0.3, -0.25) is 14.5 Å². The lowest BCUT2D eigenvalue weighted by molar-refractivity contribution is -0.204. The van der Waals surface area contributed by atoms with Crippen molar-refractivity contribution < 1.29 is 82.1 Å². The number of amides is 2. The van der Waals surface area contributed by atoms with E-state index in [0.717, 1.165) is 6.42 Å². The Balaban J connectivity index is -0.000000632. The molecular weight excluding hydrogens is 546 g/mol. The van der Waals surface area contributed by atoms with Crippen LogP contribution in [0.25, 0.3) is 0 Å². The van der Waals surface area contributed by atoms with Crippen molar-refractivity contribution in [2.75, 3.05) is 26.2 Å². The molecule has 0 heterocycles. The Labute approximate surface area is 193 Å². The molecule has 0 spiro atoms. The van der Waals surface area contributed by atoms with Crippen molar-refractivity contribution in [1.82, 2.24) is 10.2 Å². The minimum atomic E-state index is -5.55. The minimum Gasteiger partial charge on any atom is -0.475 e. The maximum atomic E-state index is 12.2. The van der Waals surface area contributed by atoms with Gasteiger partial charge in [0, 0.05) is 6.54 Å². The van der Waals surface area contributed by atoms with Crippen molar-refractivity contribution in [3.05, 3.63) is 0 Å². The van der Waals surface area contributed by atoms with Gasteiger partial charge in [-0.05, 0) is 38.9 Å². The second-order valence-electron chi connectivity index (χ2n) is 5.96. The summed E-state index contributed by atoms with van der Waals surface area (Å²) in [6, 6.07) is 0. The molecule has 0 rings (SSSR count). The van der Waals surface area contributed by atoms with Crippen LogP contribution >= 0.6 is 0 Å². The molecule has 0 saturated carbocycles. The molecule has 0 atom stereocenters. The number of carboxylic acids is 2. The molecule has 9 nitrogen and oxygen atoms in total. The average Bonchev–Trinajstić information content (AvgIpc) is 2.67. The predicted molar refractivity (Wildman–Crippen MR) is 92.0 cm³/mol. The Morgan fingerprint density at radius 1 is 0.611 bits per heavy atom. The van der Waals surface area contributed by atoms with Crippen molar-refractivity contribution in [2.24, 2.45) is 5.73 Å². The standard InChI is InChI=1S/C11H17F6N3O2.2C2HF3O2/c12-10(13,14)8(21)20(9(22)11(15,16)17)7-3-6-19-5-2-1-4-18;2*3-2(4,5)1(6)7/h19H,1-7,18H2;2*(H,6,7). The number of aliphatic carboxylic acids is 2. The first-order valence-corrected chi connectivity index (χ1v) is 8.91. The van der Waals surface area contributed by atoms with Crippen LogP contribution in [-0.2, 0) is 19.2 Å². The molecule has 0 aliphatic carbocycles. The summed E-state index contributed by atoms with van der Waals surface area (Å²) in [5, 5.41) is 17.0. The Morgan fingerprint density at radius 3 is 1.17 bits per heavy atom. The van der Waals surface area contributed by atoms with E-state index in [-0.39, 0.29) is 13.0 Å². The maximum Gasteiger partial charge on any atom is 0.490 e. The zero-order valence-electron chi connectivity index (χ0n) is 17.5. The molecule has 0 unspecified atom stereocenters. The third-order valence-corrected chi connectivity index (χ3v) is 3.00. The van der Waals surface area contributed by atoms with Crippen LogP contribution in [0.1, 0.15) is 19.3 Å². The molecule has 0 aromatic rings. The van der Waals surface area contributed by atoms with E-state index in [2.05, 4.69) is 5.32 Å². The molecule has 0 fully saturated rings. The van der Waals surface area contributed by atoms with Crippen molar-refractivity contribution >= 4 is 23.8 Å². The van der Waals surface area contributed by atoms with Gasteiger partial charge in [0.25, 0.3) is 0 Å². The lowest BCUT2D eigenvalue weighted by Crippen LogP contribution is -2.50. The number of carboxylic acid groups (broad SMARTS) is 2. The summed E-state index contributed by atoms with van der Waals surface area (Å²) >= 11 is 0. The van der Waals surface area contributed by atoms with Gasteiger partial charge in [-0.1, -0.05) is 0 Å². The highest BCUT2D eigenvalue weighted by atomic mass is 19.4. The van der Waals surface area contributed by atoms with Gasteiger partial charge in [-0.25, -0.2) is 9.59 Å². The lowest BCUT2D eigenvalue weighted by atomic mass is 10.3. The van der Waals surface area contributed by atoms with Crippen LogP contribution in [0, 0.1) is 0 Å². The summed E-state index contributed by atoms with van der Waals surface area (Å²) < 4.78 is 137. The molecule has 0 aliphatic rings. The molecule has 214 valence electrons. The largest absolute Gasteiger partial charge is 0.490 e. The van der Waals surface area contributed by atoms with Crippen LogP contribution in [0.3, 0.4) is 0 Å². The highest BCUT2D eigenvalue weighted by Gasteiger charge is 2.51. The van der Waals surface area contributed by atoms with E-state index in [0.29, 0.717) is 19.5 Å². The number of alkyl halides is 12. The van der Waals surface area contributed by atoms with Gasteiger partial charge < -0.3 is 21.3 Å². The van der Waals surface area contributed by atoms with Crippen molar-refractivity contribution in [3.8, 4) is 0 Å². The van der Waals surface area contributed by atoms with Crippen LogP contribution in [0.4, 0.5) is 52.7 Å². The van der Waals surface area contributed by atoms with Crippen molar-refractivity contribution in [3.63, 3.8) is 0 Å². The summed E-state index contributed by atoms with van der Waals surface area (Å²) in [7, 11) is 0. The third kappa shape index (κ3) is 19.5. The summed E-state index contributed by atoms with van der Waals surface area (Å²) in [5.41, 5.74) is 5.23. The quantitative estimate of drug-likeness (QED) is 0.259. The number of imide groups is 1. The summed E-state index contributed by atoms with van der Waals surface area (Å²) in [6.07, 6.45) is -20.1. The zero-order chi connectivity index (χ0) is 29.5. The Bertz CT molecular complexity index is 654. The average molecular weight is 565 g/mol. The Hall–Kier alpha value is -2.84. The molecule has 0 saturated heterocycles. The van der Waals surface area contributed by atoms with Crippen LogP contribution in [0.2, 0.25) is 0 Å². The van der Waals surface area contributed by atoms with E-state index in [1.165, 1.54) is 0 Å². The molecule has 36 heavy (non-hydrogen) atoms. The Morgan fingerprint density at radius 2 is 0.917 bits per heavy atom. The second kappa shape index (κ2) is 16.0. The molecule has 2 amide bonds. The number of nitrogens with one attached hydrogen (secondary N) is 1. The SMILES string of the molecule is NCCCCNCCCN(C(=O)C(F)(F)F)C(=O)C(F)(F)F.O=C(O)C(F)(F)F.O=C(O)C(F)(F)F. The molecule has 0 bridgehead atoms. The van der Waals surface area contributed by atoms with Gasteiger partial charge in [0.1, 0.15) is 0 Å². The molecule has 5 N–H and O–H groups in total. The normalized spacial score (nSPS) is 11.9. The van der Waals surface area contributed by atoms with Crippen molar-refractivity contribution in [2.45, 2.75) is 44.0 Å². The number of carbonyl (C=O) groups excluding carboxylic acids is 2. The van der Waals surface area contributed by atoms with Gasteiger partial charge in [0.05, 0.1) is 0 Å². The summed E-state index contributed by atoms with van der Waals surface area (Å²) in [4.78, 5) is 38.8.